The van der Waals surface area contributed by atoms with Gasteiger partial charge >= 0.3 is 0 Å². The molecule has 0 saturated heterocycles. The van der Waals surface area contributed by atoms with E-state index in [1.807, 2.05) is 19.1 Å². The van der Waals surface area contributed by atoms with Crippen molar-refractivity contribution in [2.75, 3.05) is 0 Å². The molecule has 0 unspecified atom stereocenters. The summed E-state index contributed by atoms with van der Waals surface area (Å²) in [6.45, 7) is 1.95. The standard InChI is InChI=1S/C8H7IN4/c1-6-2-3-7(4-10-6)8-11-5-13(9)12-8/h2-5H,1H3. The SMILES string of the molecule is Cc1ccc(-c2ncn(I)n2)cn1. The Morgan fingerprint density at radius 1 is 1.31 bits per heavy atom. The van der Waals surface area contributed by atoms with E-state index < -0.39 is 0 Å². The summed E-state index contributed by atoms with van der Waals surface area (Å²) in [5.41, 5.74) is 1.94. The maximum absolute atomic E-state index is 4.17. The molecular weight excluding hydrogens is 279 g/mol. The molecule has 0 aliphatic heterocycles. The van der Waals surface area contributed by atoms with Crippen molar-refractivity contribution in [3.63, 3.8) is 0 Å². The van der Waals surface area contributed by atoms with Crippen LogP contribution in [0.2, 0.25) is 0 Å². The second-order valence-electron chi connectivity index (χ2n) is 2.65. The molecule has 2 aromatic rings. The summed E-state index contributed by atoms with van der Waals surface area (Å²) in [6, 6.07) is 3.91. The van der Waals surface area contributed by atoms with Gasteiger partial charge in [0.05, 0.1) is 22.9 Å². The highest BCUT2D eigenvalue weighted by Gasteiger charge is 2.02. The molecule has 5 heteroatoms. The summed E-state index contributed by atoms with van der Waals surface area (Å²) in [4.78, 5) is 8.29. The van der Waals surface area contributed by atoms with Crippen LogP contribution < -0.4 is 0 Å². The molecule has 0 amide bonds. The van der Waals surface area contributed by atoms with Crippen LogP contribution in [0.3, 0.4) is 0 Å². The summed E-state index contributed by atoms with van der Waals surface area (Å²) < 4.78 is 1.65. The van der Waals surface area contributed by atoms with Crippen LogP contribution in [0.15, 0.2) is 24.7 Å². The quantitative estimate of drug-likeness (QED) is 0.751. The molecule has 2 aromatic heterocycles. The van der Waals surface area contributed by atoms with Crippen molar-refractivity contribution in [1.29, 1.82) is 0 Å². The average Bonchev–Trinajstić information content (AvgIpc) is 2.53. The zero-order valence-electron chi connectivity index (χ0n) is 6.98. The van der Waals surface area contributed by atoms with Crippen LogP contribution in [0.5, 0.6) is 0 Å². The third-order valence-corrected chi connectivity index (χ3v) is 2.10. The van der Waals surface area contributed by atoms with Crippen molar-refractivity contribution in [2.45, 2.75) is 6.92 Å². The molecule has 4 nitrogen and oxygen atoms in total. The molecule has 0 atom stereocenters. The van der Waals surface area contributed by atoms with Crippen molar-refractivity contribution in [3.05, 3.63) is 30.4 Å². The lowest BCUT2D eigenvalue weighted by Gasteiger charge is -1.94. The summed E-state index contributed by atoms with van der Waals surface area (Å²) in [5, 5.41) is 4.16. The molecule has 0 radical (unpaired) electrons. The van der Waals surface area contributed by atoms with Crippen molar-refractivity contribution in [3.8, 4) is 11.4 Å². The zero-order valence-corrected chi connectivity index (χ0v) is 9.13. The molecule has 0 aliphatic carbocycles. The van der Waals surface area contributed by atoms with Gasteiger partial charge in [0.15, 0.2) is 5.82 Å². The van der Waals surface area contributed by atoms with Crippen LogP contribution in [0.1, 0.15) is 5.69 Å². The lowest BCUT2D eigenvalue weighted by molar-refractivity contribution is 1.06. The smallest absolute Gasteiger partial charge is 0.183 e. The molecule has 0 bridgehead atoms. The maximum Gasteiger partial charge on any atom is 0.183 e. The van der Waals surface area contributed by atoms with Gasteiger partial charge in [-0.1, -0.05) is 0 Å². The summed E-state index contributed by atoms with van der Waals surface area (Å²) >= 11 is 2.06. The van der Waals surface area contributed by atoms with Crippen molar-refractivity contribution < 1.29 is 0 Å². The summed E-state index contributed by atoms with van der Waals surface area (Å²) in [5.74, 6) is 0.710. The van der Waals surface area contributed by atoms with E-state index >= 15 is 0 Å². The molecule has 2 heterocycles. The fourth-order valence-corrected chi connectivity index (χ4v) is 1.31. The Labute approximate surface area is 89.5 Å². The predicted molar refractivity (Wildman–Crippen MR) is 57.4 cm³/mol. The van der Waals surface area contributed by atoms with Crippen molar-refractivity contribution in [2.24, 2.45) is 0 Å². The van der Waals surface area contributed by atoms with Crippen LogP contribution in [0.4, 0.5) is 0 Å². The maximum atomic E-state index is 4.17. The van der Waals surface area contributed by atoms with Crippen molar-refractivity contribution >= 4 is 22.9 Å². The number of aromatic nitrogens is 4. The van der Waals surface area contributed by atoms with E-state index in [-0.39, 0.29) is 0 Å². The average molecular weight is 286 g/mol. The highest BCUT2D eigenvalue weighted by Crippen LogP contribution is 2.13. The highest BCUT2D eigenvalue weighted by atomic mass is 127. The summed E-state index contributed by atoms with van der Waals surface area (Å²) in [7, 11) is 0. The molecule has 0 spiro atoms. The van der Waals surface area contributed by atoms with E-state index in [9.17, 15) is 0 Å². The predicted octanol–water partition coefficient (Wildman–Crippen LogP) is 1.85. The number of hydrogen-bond donors (Lipinski definition) is 0. The Morgan fingerprint density at radius 2 is 2.15 bits per heavy atom. The Hall–Kier alpha value is -0.980. The zero-order chi connectivity index (χ0) is 9.26. The second kappa shape index (κ2) is 3.41. The Balaban J connectivity index is 2.41. The Morgan fingerprint density at radius 3 is 2.69 bits per heavy atom. The third-order valence-electron chi connectivity index (χ3n) is 1.64. The van der Waals surface area contributed by atoms with Gasteiger partial charge in [-0.3, -0.25) is 4.98 Å². The number of rotatable bonds is 1. The fraction of sp³-hybridized carbons (Fsp3) is 0.125. The van der Waals surface area contributed by atoms with Gasteiger partial charge in [-0.15, -0.1) is 5.10 Å². The molecule has 0 N–H and O–H groups in total. The first kappa shape index (κ1) is 8.61. The van der Waals surface area contributed by atoms with Gasteiger partial charge < -0.3 is 0 Å². The van der Waals surface area contributed by atoms with Crippen molar-refractivity contribution in [1.82, 2.24) is 18.0 Å². The molecule has 0 saturated carbocycles. The number of nitrogens with zero attached hydrogens (tertiary/aromatic N) is 4. The van der Waals surface area contributed by atoms with Gasteiger partial charge in [-0.2, -0.15) is 2.90 Å². The van der Waals surface area contributed by atoms with Gasteiger partial charge in [-0.05, 0) is 19.1 Å². The number of aryl methyl sites for hydroxylation is 1. The molecule has 0 aliphatic rings. The Kier molecular flexibility index (Phi) is 2.26. The monoisotopic (exact) mass is 286 g/mol. The molecule has 0 aromatic carbocycles. The van der Waals surface area contributed by atoms with E-state index in [1.165, 1.54) is 0 Å². The summed E-state index contributed by atoms with van der Waals surface area (Å²) in [6.07, 6.45) is 3.44. The minimum atomic E-state index is 0.710. The van der Waals surface area contributed by atoms with Gasteiger partial charge in [0, 0.05) is 17.5 Å². The van der Waals surface area contributed by atoms with Crippen LogP contribution in [0, 0.1) is 6.92 Å². The first-order chi connectivity index (χ1) is 6.25. The molecule has 13 heavy (non-hydrogen) atoms. The first-order valence-electron chi connectivity index (χ1n) is 3.76. The number of halogens is 1. The van der Waals surface area contributed by atoms with E-state index in [2.05, 4.69) is 37.9 Å². The number of pyridine rings is 1. The normalized spacial score (nSPS) is 10.3. The van der Waals surface area contributed by atoms with Gasteiger partial charge in [0.25, 0.3) is 0 Å². The Bertz CT molecular complexity index is 406. The minimum Gasteiger partial charge on any atom is -0.261 e. The lowest BCUT2D eigenvalue weighted by Crippen LogP contribution is -1.85. The topological polar surface area (TPSA) is 43.6 Å². The van der Waals surface area contributed by atoms with E-state index in [0.717, 1.165) is 11.3 Å². The van der Waals surface area contributed by atoms with Crippen LogP contribution in [0.25, 0.3) is 11.4 Å². The van der Waals surface area contributed by atoms with Crippen LogP contribution >= 0.6 is 22.9 Å². The van der Waals surface area contributed by atoms with Gasteiger partial charge in [0.1, 0.15) is 6.33 Å². The molecule has 66 valence electrons. The molecule has 0 fully saturated rings. The second-order valence-corrected chi connectivity index (χ2v) is 3.63. The lowest BCUT2D eigenvalue weighted by atomic mass is 10.2. The number of hydrogen-bond acceptors (Lipinski definition) is 3. The van der Waals surface area contributed by atoms with Gasteiger partial charge in [0.2, 0.25) is 0 Å². The van der Waals surface area contributed by atoms with E-state index in [1.54, 1.807) is 15.4 Å². The fourth-order valence-electron chi connectivity index (χ4n) is 0.977. The van der Waals surface area contributed by atoms with E-state index in [4.69, 9.17) is 0 Å². The molecule has 2 rings (SSSR count). The largest absolute Gasteiger partial charge is 0.261 e. The van der Waals surface area contributed by atoms with E-state index in [0.29, 0.717) is 5.82 Å². The van der Waals surface area contributed by atoms with Crippen LogP contribution in [-0.4, -0.2) is 18.0 Å². The minimum absolute atomic E-state index is 0.710. The third kappa shape index (κ3) is 1.85. The first-order valence-corrected chi connectivity index (χ1v) is 4.73. The van der Waals surface area contributed by atoms with Crippen LogP contribution in [-0.2, 0) is 0 Å². The van der Waals surface area contributed by atoms with Gasteiger partial charge in [-0.25, -0.2) is 4.98 Å². The molecular formula is C8H7IN4. The highest BCUT2D eigenvalue weighted by molar-refractivity contribution is 14.1.